The minimum Gasteiger partial charge on any atom is -1.00 e. The number of carbonyl (C=O) groups is 2. The molecule has 0 aromatic rings. The number of quaternary nitrogens is 1. The lowest BCUT2D eigenvalue weighted by atomic mass is 10.1. The Morgan fingerprint density at radius 3 is 1.21 bits per heavy atom. The van der Waals surface area contributed by atoms with E-state index in [0.29, 0.717) is 23.9 Å². The maximum Gasteiger partial charge on any atom is 0.306 e. The number of nitrogens with zero attached hydrogens (tertiary/aromatic N) is 1. The first kappa shape index (κ1) is 48.8. The second-order valence-corrected chi connectivity index (χ2v) is 14.9. The number of carbonyl (C=O) groups excluding carboxylic acids is 2. The van der Waals surface area contributed by atoms with Crippen LogP contribution in [0.4, 0.5) is 0 Å². The summed E-state index contributed by atoms with van der Waals surface area (Å²) in [6.07, 6.45) is 42.1. The molecule has 0 aliphatic rings. The van der Waals surface area contributed by atoms with Gasteiger partial charge in [-0.15, -0.1) is 0 Å². The Labute approximate surface area is 305 Å². The van der Waals surface area contributed by atoms with Crippen LogP contribution in [0.5, 0.6) is 0 Å². The van der Waals surface area contributed by atoms with Crippen LogP contribution in [-0.4, -0.2) is 56.8 Å². The van der Waals surface area contributed by atoms with Crippen molar-refractivity contribution in [2.75, 3.05) is 34.3 Å². The molecule has 284 valence electrons. The summed E-state index contributed by atoms with van der Waals surface area (Å²) in [7, 11) is 6.20. The molecule has 0 N–H and O–H groups in total. The molecule has 0 bridgehead atoms. The van der Waals surface area contributed by atoms with Crippen LogP contribution in [0.2, 0.25) is 0 Å². The van der Waals surface area contributed by atoms with Crippen molar-refractivity contribution in [3.8, 4) is 0 Å². The second-order valence-electron chi connectivity index (χ2n) is 14.9. The van der Waals surface area contributed by atoms with Crippen LogP contribution in [0, 0.1) is 0 Å². The van der Waals surface area contributed by atoms with Crippen LogP contribution in [-0.2, 0) is 19.1 Å². The third-order valence-corrected chi connectivity index (χ3v) is 8.77. The first-order valence-electron chi connectivity index (χ1n) is 20.2. The average molecular weight is 699 g/mol. The van der Waals surface area contributed by atoms with Crippen LogP contribution in [0.25, 0.3) is 0 Å². The van der Waals surface area contributed by atoms with E-state index < -0.39 is 6.10 Å². The van der Waals surface area contributed by atoms with E-state index in [1.165, 1.54) is 128 Å². The van der Waals surface area contributed by atoms with Gasteiger partial charge in [0.25, 0.3) is 0 Å². The molecule has 0 radical (unpaired) electrons. The van der Waals surface area contributed by atoms with Crippen molar-refractivity contribution in [3.05, 3.63) is 24.3 Å². The Morgan fingerprint density at radius 1 is 0.500 bits per heavy atom. The number of allylic oxidation sites excluding steroid dienone is 4. The van der Waals surface area contributed by atoms with Gasteiger partial charge in [0.05, 0.1) is 21.1 Å². The van der Waals surface area contributed by atoms with E-state index >= 15 is 0 Å². The van der Waals surface area contributed by atoms with Crippen molar-refractivity contribution in [3.63, 3.8) is 0 Å². The molecule has 5 nitrogen and oxygen atoms in total. The highest BCUT2D eigenvalue weighted by atomic mass is 35.5. The third-order valence-electron chi connectivity index (χ3n) is 8.77. The largest absolute Gasteiger partial charge is 1.00 e. The predicted octanol–water partition coefficient (Wildman–Crippen LogP) is 9.23. The standard InChI is InChI=1S/C42H80NO4.ClH/c1-6-8-10-12-14-16-18-20-22-24-26-28-30-32-34-36-41(44)46-39-40(38-43(3,4)5)47-42(45)37-35-33-31-29-27-25-23-21-19-17-15-13-11-9-7-2;/h20-23,40H,6-19,24-39H2,1-5H3;1H/q+1;/p-1/b22-20-,23-21-;. The fraction of sp³-hybridized carbons (Fsp3) is 0.857. The van der Waals surface area contributed by atoms with Gasteiger partial charge in [0, 0.05) is 12.8 Å². The third kappa shape index (κ3) is 39.1. The molecule has 0 fully saturated rings. The molecule has 0 aliphatic heterocycles. The lowest BCUT2D eigenvalue weighted by molar-refractivity contribution is -0.873. The van der Waals surface area contributed by atoms with Crippen LogP contribution in [0.3, 0.4) is 0 Å². The number of unbranched alkanes of at least 4 members (excludes halogenated alkanes) is 22. The van der Waals surface area contributed by atoms with E-state index in [9.17, 15) is 9.59 Å². The fourth-order valence-electron chi connectivity index (χ4n) is 5.92. The number of rotatable bonds is 35. The zero-order valence-electron chi connectivity index (χ0n) is 32.6. The minimum atomic E-state index is -0.399. The highest BCUT2D eigenvalue weighted by molar-refractivity contribution is 5.70. The topological polar surface area (TPSA) is 52.6 Å². The average Bonchev–Trinajstić information content (AvgIpc) is 3.03. The molecule has 6 heteroatoms. The summed E-state index contributed by atoms with van der Waals surface area (Å²) in [6.45, 7) is 5.31. The van der Waals surface area contributed by atoms with Gasteiger partial charge in [-0.3, -0.25) is 9.59 Å². The number of esters is 2. The van der Waals surface area contributed by atoms with E-state index in [1.807, 2.05) is 0 Å². The van der Waals surface area contributed by atoms with E-state index in [-0.39, 0.29) is 31.0 Å². The Balaban J connectivity index is 0. The first-order chi connectivity index (χ1) is 22.8. The molecular weight excluding hydrogens is 618 g/mol. The summed E-state index contributed by atoms with van der Waals surface area (Å²) in [6, 6.07) is 0. The van der Waals surface area contributed by atoms with Crippen molar-refractivity contribution in [2.45, 2.75) is 200 Å². The molecule has 48 heavy (non-hydrogen) atoms. The summed E-state index contributed by atoms with van der Waals surface area (Å²) < 4.78 is 12.0. The number of halogens is 1. The van der Waals surface area contributed by atoms with E-state index in [2.05, 4.69) is 59.3 Å². The van der Waals surface area contributed by atoms with Gasteiger partial charge in [0.1, 0.15) is 13.2 Å². The smallest absolute Gasteiger partial charge is 0.306 e. The monoisotopic (exact) mass is 698 g/mol. The molecule has 0 saturated heterocycles. The highest BCUT2D eigenvalue weighted by Gasteiger charge is 2.23. The number of ether oxygens (including phenoxy) is 2. The van der Waals surface area contributed by atoms with Gasteiger partial charge >= 0.3 is 11.9 Å². The number of likely N-dealkylation sites (N-methyl/N-ethyl adjacent to an activating group) is 1. The van der Waals surface area contributed by atoms with Gasteiger partial charge in [0.2, 0.25) is 0 Å². The van der Waals surface area contributed by atoms with Gasteiger partial charge in [0.15, 0.2) is 6.10 Å². The molecule has 0 spiro atoms. The van der Waals surface area contributed by atoms with Crippen molar-refractivity contribution in [1.82, 2.24) is 0 Å². The summed E-state index contributed by atoms with van der Waals surface area (Å²) >= 11 is 0. The molecule has 0 heterocycles. The van der Waals surface area contributed by atoms with Crippen LogP contribution >= 0.6 is 0 Å². The van der Waals surface area contributed by atoms with E-state index in [0.717, 1.165) is 38.5 Å². The van der Waals surface area contributed by atoms with Gasteiger partial charge < -0.3 is 26.4 Å². The molecule has 0 rings (SSSR count). The number of hydrogen-bond donors (Lipinski definition) is 0. The molecule has 0 saturated carbocycles. The molecule has 1 atom stereocenters. The zero-order chi connectivity index (χ0) is 34.7. The van der Waals surface area contributed by atoms with Crippen molar-refractivity contribution >= 4 is 11.9 Å². The summed E-state index contributed by atoms with van der Waals surface area (Å²) in [4.78, 5) is 24.9. The molecule has 0 aromatic heterocycles. The maximum atomic E-state index is 12.6. The molecule has 0 amide bonds. The van der Waals surface area contributed by atoms with Crippen molar-refractivity contribution < 1.29 is 36.0 Å². The van der Waals surface area contributed by atoms with Crippen molar-refractivity contribution in [1.29, 1.82) is 0 Å². The van der Waals surface area contributed by atoms with Gasteiger partial charge in [-0.05, 0) is 64.2 Å². The van der Waals surface area contributed by atoms with Gasteiger partial charge in [-0.1, -0.05) is 141 Å². The minimum absolute atomic E-state index is 0. The Morgan fingerprint density at radius 2 is 0.833 bits per heavy atom. The Bertz CT molecular complexity index is 761. The van der Waals surface area contributed by atoms with Crippen LogP contribution in [0.1, 0.15) is 194 Å². The number of hydrogen-bond acceptors (Lipinski definition) is 4. The Kier molecular flexibility index (Phi) is 37.5. The summed E-state index contributed by atoms with van der Waals surface area (Å²) in [5.74, 6) is -0.350. The van der Waals surface area contributed by atoms with Crippen molar-refractivity contribution in [2.24, 2.45) is 0 Å². The summed E-state index contributed by atoms with van der Waals surface area (Å²) in [5, 5.41) is 0. The zero-order valence-corrected chi connectivity index (χ0v) is 33.3. The second kappa shape index (κ2) is 36.9. The molecule has 0 aromatic carbocycles. The normalized spacial score (nSPS) is 12.4. The molecule has 1 unspecified atom stereocenters. The van der Waals surface area contributed by atoms with Crippen LogP contribution < -0.4 is 12.4 Å². The maximum absolute atomic E-state index is 12.6. The lowest BCUT2D eigenvalue weighted by Crippen LogP contribution is -3.00. The molecule has 0 aliphatic carbocycles. The first-order valence-corrected chi connectivity index (χ1v) is 20.2. The fourth-order valence-corrected chi connectivity index (χ4v) is 5.92. The van der Waals surface area contributed by atoms with Gasteiger partial charge in [-0.25, -0.2) is 0 Å². The lowest BCUT2D eigenvalue weighted by Gasteiger charge is -2.28. The van der Waals surface area contributed by atoms with E-state index in [4.69, 9.17) is 9.47 Å². The van der Waals surface area contributed by atoms with Gasteiger partial charge in [-0.2, -0.15) is 0 Å². The van der Waals surface area contributed by atoms with E-state index in [1.54, 1.807) is 0 Å². The molecular formula is C42H80ClNO4. The summed E-state index contributed by atoms with van der Waals surface area (Å²) in [5.41, 5.74) is 0. The quantitative estimate of drug-likeness (QED) is 0.0287. The van der Waals surface area contributed by atoms with Crippen LogP contribution in [0.15, 0.2) is 24.3 Å². The SMILES string of the molecule is CCCCCCCC/C=C\CCCCCCCC(=O)OCC(C[N+](C)(C)C)OC(=O)CCCCCCC/C=C\CCCCCCCC.[Cl-]. The highest BCUT2D eigenvalue weighted by Crippen LogP contribution is 2.13. The predicted molar refractivity (Wildman–Crippen MR) is 203 cm³/mol. The Hall–Kier alpha value is -1.33.